The lowest BCUT2D eigenvalue weighted by atomic mass is 9.92. The Balaban J connectivity index is 2.25. The molecule has 18 heavy (non-hydrogen) atoms. The lowest BCUT2D eigenvalue weighted by Crippen LogP contribution is -2.43. The summed E-state index contributed by atoms with van der Waals surface area (Å²) in [7, 11) is 0. The summed E-state index contributed by atoms with van der Waals surface area (Å²) in [6, 6.07) is 6.02. The molecule has 1 aliphatic rings. The van der Waals surface area contributed by atoms with Gasteiger partial charge in [-0.2, -0.15) is 0 Å². The Kier molecular flexibility index (Phi) is 3.52. The molecule has 98 valence electrons. The van der Waals surface area contributed by atoms with E-state index >= 15 is 0 Å². The molecule has 4 nitrogen and oxygen atoms in total. The third kappa shape index (κ3) is 2.61. The van der Waals surface area contributed by atoms with Crippen molar-refractivity contribution in [3.63, 3.8) is 0 Å². The van der Waals surface area contributed by atoms with Crippen molar-refractivity contribution in [2.24, 2.45) is 5.41 Å². The van der Waals surface area contributed by atoms with E-state index in [4.69, 9.17) is 0 Å². The van der Waals surface area contributed by atoms with Gasteiger partial charge in [0.15, 0.2) is 0 Å². The number of benzene rings is 1. The average Bonchev–Trinajstić information content (AvgIpc) is 2.28. The molecule has 5 heteroatoms. The molecule has 0 saturated carbocycles. The summed E-state index contributed by atoms with van der Waals surface area (Å²) in [5, 5.41) is 12.5. The number of hydrogen-bond acceptors (Lipinski definition) is 3. The number of carboxylic acid groups (broad SMARTS) is 1. The van der Waals surface area contributed by atoms with Crippen LogP contribution in [0.2, 0.25) is 0 Å². The Morgan fingerprint density at radius 1 is 1.56 bits per heavy atom. The van der Waals surface area contributed by atoms with E-state index in [0.29, 0.717) is 6.54 Å². The molecule has 2 N–H and O–H groups in total. The molecule has 0 aromatic heterocycles. The van der Waals surface area contributed by atoms with Crippen LogP contribution in [0.4, 0.5) is 11.4 Å². The zero-order valence-electron chi connectivity index (χ0n) is 10.5. The summed E-state index contributed by atoms with van der Waals surface area (Å²) >= 11 is 3.44. The predicted molar refractivity (Wildman–Crippen MR) is 76.3 cm³/mol. The Labute approximate surface area is 115 Å². The quantitative estimate of drug-likeness (QED) is 0.901. The van der Waals surface area contributed by atoms with Gasteiger partial charge in [-0.15, -0.1) is 0 Å². The molecule has 0 unspecified atom stereocenters. The van der Waals surface area contributed by atoms with E-state index in [1.165, 1.54) is 0 Å². The fourth-order valence-corrected chi connectivity index (χ4v) is 2.44. The van der Waals surface area contributed by atoms with Gasteiger partial charge in [-0.1, -0.05) is 15.9 Å². The number of nitrogens with zero attached hydrogens (tertiary/aromatic N) is 1. The van der Waals surface area contributed by atoms with Crippen molar-refractivity contribution in [2.45, 2.75) is 13.8 Å². The van der Waals surface area contributed by atoms with Crippen LogP contribution in [-0.2, 0) is 4.79 Å². The molecule has 0 bridgehead atoms. The van der Waals surface area contributed by atoms with Crippen molar-refractivity contribution < 1.29 is 9.90 Å². The largest absolute Gasteiger partial charge is 0.481 e. The second-order valence-corrected chi connectivity index (χ2v) is 6.11. The van der Waals surface area contributed by atoms with Gasteiger partial charge >= 0.3 is 5.97 Å². The lowest BCUT2D eigenvalue weighted by Gasteiger charge is -2.36. The topological polar surface area (TPSA) is 52.6 Å². The predicted octanol–water partition coefficient (Wildman–Crippen LogP) is 2.79. The maximum Gasteiger partial charge on any atom is 0.310 e. The van der Waals surface area contributed by atoms with Crippen molar-refractivity contribution in [1.29, 1.82) is 0 Å². The van der Waals surface area contributed by atoms with Crippen LogP contribution in [0.15, 0.2) is 22.7 Å². The smallest absolute Gasteiger partial charge is 0.310 e. The molecule has 0 amide bonds. The van der Waals surface area contributed by atoms with Gasteiger partial charge in [-0.25, -0.2) is 0 Å². The first-order valence-corrected chi connectivity index (χ1v) is 6.71. The minimum atomic E-state index is -0.764. The van der Waals surface area contributed by atoms with Gasteiger partial charge in [0.2, 0.25) is 0 Å². The molecule has 1 aliphatic heterocycles. The Hall–Kier alpha value is -1.23. The summed E-state index contributed by atoms with van der Waals surface area (Å²) < 4.78 is 1.02. The van der Waals surface area contributed by atoms with Crippen LogP contribution in [0.25, 0.3) is 0 Å². The highest BCUT2D eigenvalue weighted by molar-refractivity contribution is 9.10. The minimum Gasteiger partial charge on any atom is -0.481 e. The van der Waals surface area contributed by atoms with Crippen molar-refractivity contribution in [3.05, 3.63) is 22.7 Å². The van der Waals surface area contributed by atoms with Gasteiger partial charge in [-0.05, 0) is 32.0 Å². The third-order valence-corrected chi connectivity index (χ3v) is 3.65. The van der Waals surface area contributed by atoms with E-state index < -0.39 is 11.4 Å². The Morgan fingerprint density at radius 2 is 2.28 bits per heavy atom. The minimum absolute atomic E-state index is 0.513. The average molecular weight is 313 g/mol. The van der Waals surface area contributed by atoms with Crippen LogP contribution in [0.1, 0.15) is 13.8 Å². The van der Waals surface area contributed by atoms with E-state index in [-0.39, 0.29) is 0 Å². The molecular formula is C13H17BrN2O2. The lowest BCUT2D eigenvalue weighted by molar-refractivity contribution is -0.146. The highest BCUT2D eigenvalue weighted by atomic mass is 79.9. The SMILES string of the molecule is CC(C)(CN1CCNc2cc(Br)ccc21)C(=O)O. The van der Waals surface area contributed by atoms with Crippen LogP contribution >= 0.6 is 15.9 Å². The molecule has 0 spiro atoms. The highest BCUT2D eigenvalue weighted by Gasteiger charge is 2.31. The second-order valence-electron chi connectivity index (χ2n) is 5.20. The molecular weight excluding hydrogens is 296 g/mol. The standard InChI is InChI=1S/C13H17BrN2O2/c1-13(2,12(17)18)8-16-6-5-15-10-7-9(14)3-4-11(10)16/h3-4,7,15H,5-6,8H2,1-2H3,(H,17,18). The van der Waals surface area contributed by atoms with Gasteiger partial charge in [0, 0.05) is 24.1 Å². The zero-order chi connectivity index (χ0) is 13.3. The number of halogens is 1. The molecule has 2 rings (SSSR count). The van der Waals surface area contributed by atoms with Crippen LogP contribution in [0.3, 0.4) is 0 Å². The summed E-state index contributed by atoms with van der Waals surface area (Å²) in [5.41, 5.74) is 1.37. The van der Waals surface area contributed by atoms with E-state index in [1.807, 2.05) is 18.2 Å². The monoisotopic (exact) mass is 312 g/mol. The fourth-order valence-electron chi connectivity index (χ4n) is 2.08. The summed E-state index contributed by atoms with van der Waals surface area (Å²) in [4.78, 5) is 13.3. The van der Waals surface area contributed by atoms with Crippen molar-refractivity contribution in [3.8, 4) is 0 Å². The van der Waals surface area contributed by atoms with Gasteiger partial charge in [0.25, 0.3) is 0 Å². The van der Waals surface area contributed by atoms with Crippen LogP contribution in [-0.4, -0.2) is 30.7 Å². The molecule has 1 aromatic carbocycles. The highest BCUT2D eigenvalue weighted by Crippen LogP contribution is 2.33. The van der Waals surface area contributed by atoms with E-state index in [0.717, 1.165) is 28.9 Å². The number of carboxylic acids is 1. The number of nitrogens with one attached hydrogen (secondary N) is 1. The third-order valence-electron chi connectivity index (χ3n) is 3.16. The maximum atomic E-state index is 11.2. The van der Waals surface area contributed by atoms with Gasteiger partial charge in [-0.3, -0.25) is 4.79 Å². The number of rotatable bonds is 3. The van der Waals surface area contributed by atoms with E-state index in [9.17, 15) is 9.90 Å². The Morgan fingerprint density at radius 3 is 2.94 bits per heavy atom. The first kappa shape index (κ1) is 13.2. The molecule has 0 saturated heterocycles. The van der Waals surface area contributed by atoms with Crippen LogP contribution in [0.5, 0.6) is 0 Å². The van der Waals surface area contributed by atoms with E-state index in [2.05, 4.69) is 26.1 Å². The number of hydrogen-bond donors (Lipinski definition) is 2. The zero-order valence-corrected chi connectivity index (χ0v) is 12.1. The summed E-state index contributed by atoms with van der Waals surface area (Å²) in [5.74, 6) is -0.764. The van der Waals surface area contributed by atoms with Crippen molar-refractivity contribution in [2.75, 3.05) is 29.9 Å². The van der Waals surface area contributed by atoms with E-state index in [1.54, 1.807) is 13.8 Å². The van der Waals surface area contributed by atoms with Crippen molar-refractivity contribution >= 4 is 33.3 Å². The molecule has 0 atom stereocenters. The second kappa shape index (κ2) is 4.80. The number of aliphatic carboxylic acids is 1. The number of carbonyl (C=O) groups is 1. The molecule has 0 fully saturated rings. The van der Waals surface area contributed by atoms with Gasteiger partial charge in [0.1, 0.15) is 0 Å². The fraction of sp³-hybridized carbons (Fsp3) is 0.462. The molecule has 0 radical (unpaired) electrons. The molecule has 1 aromatic rings. The molecule has 0 aliphatic carbocycles. The number of anilines is 2. The molecule has 1 heterocycles. The van der Waals surface area contributed by atoms with Crippen LogP contribution in [0, 0.1) is 5.41 Å². The Bertz CT molecular complexity index is 474. The normalized spacial score (nSPS) is 14.9. The maximum absolute atomic E-state index is 11.2. The first-order valence-electron chi connectivity index (χ1n) is 5.92. The van der Waals surface area contributed by atoms with Crippen molar-refractivity contribution in [1.82, 2.24) is 0 Å². The first-order chi connectivity index (χ1) is 8.40. The number of fused-ring (bicyclic) bond motifs is 1. The van der Waals surface area contributed by atoms with Gasteiger partial charge < -0.3 is 15.3 Å². The summed E-state index contributed by atoms with van der Waals surface area (Å²) in [6.07, 6.45) is 0. The van der Waals surface area contributed by atoms with Gasteiger partial charge in [0.05, 0.1) is 16.8 Å². The summed E-state index contributed by atoms with van der Waals surface area (Å²) in [6.45, 7) is 5.69. The van der Waals surface area contributed by atoms with Crippen LogP contribution < -0.4 is 10.2 Å².